The van der Waals surface area contributed by atoms with Crippen LogP contribution in [0.3, 0.4) is 0 Å². The number of hydrogen-bond acceptors (Lipinski definition) is 4. The van der Waals surface area contributed by atoms with E-state index in [1.54, 1.807) is 6.33 Å². The van der Waals surface area contributed by atoms with Gasteiger partial charge in [-0.3, -0.25) is 0 Å². The number of rotatable bonds is 6. The van der Waals surface area contributed by atoms with E-state index in [0.29, 0.717) is 5.25 Å². The Balaban J connectivity index is 1.61. The van der Waals surface area contributed by atoms with Crippen molar-refractivity contribution in [2.75, 3.05) is 6.54 Å². The Labute approximate surface area is 124 Å². The number of thioether (sulfide) groups is 1. The summed E-state index contributed by atoms with van der Waals surface area (Å²) in [6.07, 6.45) is 3.93. The zero-order chi connectivity index (χ0) is 13.8. The van der Waals surface area contributed by atoms with Crippen molar-refractivity contribution < 1.29 is 0 Å². The number of aromatic nitrogens is 3. The number of nitrogens with zero attached hydrogens (tertiary/aromatic N) is 3. The third-order valence-electron chi connectivity index (χ3n) is 3.50. The van der Waals surface area contributed by atoms with Crippen molar-refractivity contribution in [3.8, 4) is 0 Å². The molecule has 1 aromatic carbocycles. The van der Waals surface area contributed by atoms with Crippen LogP contribution >= 0.6 is 11.8 Å². The van der Waals surface area contributed by atoms with Crippen molar-refractivity contribution in [3.63, 3.8) is 0 Å². The molecule has 0 spiro atoms. The minimum Gasteiger partial charge on any atom is -0.310 e. The zero-order valence-electron chi connectivity index (χ0n) is 11.7. The maximum atomic E-state index is 4.37. The van der Waals surface area contributed by atoms with E-state index >= 15 is 0 Å². The van der Waals surface area contributed by atoms with Gasteiger partial charge in [-0.25, -0.2) is 9.67 Å². The molecule has 1 atom stereocenters. The Bertz CT molecular complexity index is 542. The Kier molecular flexibility index (Phi) is 4.38. The normalized spacial score (nSPS) is 17.4. The lowest BCUT2D eigenvalue weighted by molar-refractivity contribution is 0.538. The molecule has 2 heterocycles. The molecule has 0 amide bonds. The Morgan fingerprint density at radius 2 is 2.30 bits per heavy atom. The molecule has 0 radical (unpaired) electrons. The summed E-state index contributed by atoms with van der Waals surface area (Å²) in [5.41, 5.74) is 1.47. The van der Waals surface area contributed by atoms with Gasteiger partial charge in [0.05, 0.1) is 13.1 Å². The molecule has 0 aliphatic carbocycles. The summed E-state index contributed by atoms with van der Waals surface area (Å²) < 4.78 is 2.05. The maximum Gasteiger partial charge on any atom is 0.140 e. The fourth-order valence-corrected chi connectivity index (χ4v) is 3.80. The summed E-state index contributed by atoms with van der Waals surface area (Å²) in [5, 5.41) is 8.33. The SMILES string of the molecule is CCCNCc1ncnn1CC1Cc2ccccc2S1. The molecule has 0 saturated carbocycles. The first-order chi connectivity index (χ1) is 9.86. The molecule has 3 rings (SSSR count). The summed E-state index contributed by atoms with van der Waals surface area (Å²) >= 11 is 1.96. The Hall–Kier alpha value is -1.33. The molecular weight excluding hydrogens is 268 g/mol. The number of benzene rings is 1. The van der Waals surface area contributed by atoms with E-state index in [0.717, 1.165) is 38.3 Å². The highest BCUT2D eigenvalue weighted by atomic mass is 32.2. The lowest BCUT2D eigenvalue weighted by Crippen LogP contribution is -2.21. The molecule has 20 heavy (non-hydrogen) atoms. The topological polar surface area (TPSA) is 42.7 Å². The smallest absolute Gasteiger partial charge is 0.140 e. The molecule has 1 aromatic heterocycles. The number of hydrogen-bond donors (Lipinski definition) is 1. The van der Waals surface area contributed by atoms with Crippen LogP contribution in [0.5, 0.6) is 0 Å². The number of fused-ring (bicyclic) bond motifs is 1. The largest absolute Gasteiger partial charge is 0.310 e. The molecule has 0 fully saturated rings. The van der Waals surface area contributed by atoms with Crippen molar-refractivity contribution in [2.24, 2.45) is 0 Å². The van der Waals surface area contributed by atoms with Gasteiger partial charge in [-0.05, 0) is 31.0 Å². The van der Waals surface area contributed by atoms with Crippen LogP contribution < -0.4 is 5.32 Å². The molecule has 5 heteroatoms. The fourth-order valence-electron chi connectivity index (χ4n) is 2.50. The van der Waals surface area contributed by atoms with E-state index in [1.165, 1.54) is 10.5 Å². The van der Waals surface area contributed by atoms with E-state index in [4.69, 9.17) is 0 Å². The van der Waals surface area contributed by atoms with Crippen molar-refractivity contribution in [2.45, 2.75) is 43.0 Å². The second-order valence-electron chi connectivity index (χ2n) is 5.09. The first-order valence-electron chi connectivity index (χ1n) is 7.18. The van der Waals surface area contributed by atoms with Crippen LogP contribution in [-0.4, -0.2) is 26.6 Å². The maximum absolute atomic E-state index is 4.37. The Morgan fingerprint density at radius 1 is 1.40 bits per heavy atom. The zero-order valence-corrected chi connectivity index (χ0v) is 12.6. The Morgan fingerprint density at radius 3 is 3.15 bits per heavy atom. The first kappa shape index (κ1) is 13.6. The van der Waals surface area contributed by atoms with Gasteiger partial charge >= 0.3 is 0 Å². The average Bonchev–Trinajstić information content (AvgIpc) is 3.06. The second kappa shape index (κ2) is 6.41. The van der Waals surface area contributed by atoms with E-state index in [9.17, 15) is 0 Å². The van der Waals surface area contributed by atoms with Gasteiger partial charge in [0, 0.05) is 10.1 Å². The van der Waals surface area contributed by atoms with Gasteiger partial charge in [0.25, 0.3) is 0 Å². The quantitative estimate of drug-likeness (QED) is 0.829. The molecule has 0 saturated heterocycles. The van der Waals surface area contributed by atoms with Crippen LogP contribution in [0, 0.1) is 0 Å². The predicted octanol–water partition coefficient (Wildman–Crippen LogP) is 2.49. The van der Waals surface area contributed by atoms with Crippen LogP contribution in [0.4, 0.5) is 0 Å². The van der Waals surface area contributed by atoms with Gasteiger partial charge in [0.15, 0.2) is 0 Å². The third-order valence-corrected chi connectivity index (χ3v) is 4.80. The molecule has 2 aromatic rings. The minimum absolute atomic E-state index is 0.569. The number of nitrogens with one attached hydrogen (secondary N) is 1. The molecule has 4 nitrogen and oxygen atoms in total. The summed E-state index contributed by atoms with van der Waals surface area (Å²) in [6.45, 7) is 4.93. The monoisotopic (exact) mass is 288 g/mol. The summed E-state index contributed by atoms with van der Waals surface area (Å²) in [5.74, 6) is 1.04. The van der Waals surface area contributed by atoms with Crippen LogP contribution in [0.1, 0.15) is 24.7 Å². The van der Waals surface area contributed by atoms with Gasteiger partial charge in [-0.1, -0.05) is 25.1 Å². The summed E-state index contributed by atoms with van der Waals surface area (Å²) in [6, 6.07) is 8.68. The standard InChI is InChI=1S/C15H20N4S/c1-2-7-16-9-15-17-11-18-19(15)10-13-8-12-5-3-4-6-14(12)20-13/h3-6,11,13,16H,2,7-10H2,1H3. The fraction of sp³-hybridized carbons (Fsp3) is 0.467. The van der Waals surface area contributed by atoms with E-state index < -0.39 is 0 Å². The molecule has 1 aliphatic heterocycles. The van der Waals surface area contributed by atoms with Crippen molar-refractivity contribution in [1.29, 1.82) is 0 Å². The van der Waals surface area contributed by atoms with Crippen molar-refractivity contribution >= 4 is 11.8 Å². The van der Waals surface area contributed by atoms with Crippen molar-refractivity contribution in [1.82, 2.24) is 20.1 Å². The van der Waals surface area contributed by atoms with E-state index in [1.807, 2.05) is 16.4 Å². The molecule has 1 unspecified atom stereocenters. The minimum atomic E-state index is 0.569. The predicted molar refractivity (Wildman–Crippen MR) is 81.8 cm³/mol. The lowest BCUT2D eigenvalue weighted by atomic mass is 10.1. The second-order valence-corrected chi connectivity index (χ2v) is 6.43. The van der Waals surface area contributed by atoms with Crippen LogP contribution in [-0.2, 0) is 19.5 Å². The summed E-state index contributed by atoms with van der Waals surface area (Å²) in [7, 11) is 0. The van der Waals surface area contributed by atoms with E-state index in [-0.39, 0.29) is 0 Å². The van der Waals surface area contributed by atoms with Gasteiger partial charge in [0.2, 0.25) is 0 Å². The summed E-state index contributed by atoms with van der Waals surface area (Å²) in [4.78, 5) is 5.78. The molecule has 0 bridgehead atoms. The molecule has 1 N–H and O–H groups in total. The highest BCUT2D eigenvalue weighted by molar-refractivity contribution is 8.00. The van der Waals surface area contributed by atoms with Gasteiger partial charge in [-0.2, -0.15) is 5.10 Å². The highest BCUT2D eigenvalue weighted by Crippen LogP contribution is 2.37. The molecule has 1 aliphatic rings. The van der Waals surface area contributed by atoms with Crippen molar-refractivity contribution in [3.05, 3.63) is 42.0 Å². The third kappa shape index (κ3) is 3.04. The molecular formula is C15H20N4S. The van der Waals surface area contributed by atoms with Gasteiger partial charge < -0.3 is 5.32 Å². The van der Waals surface area contributed by atoms with Crippen LogP contribution in [0.2, 0.25) is 0 Å². The van der Waals surface area contributed by atoms with Gasteiger partial charge in [-0.15, -0.1) is 11.8 Å². The highest BCUT2D eigenvalue weighted by Gasteiger charge is 2.23. The molecule has 106 valence electrons. The van der Waals surface area contributed by atoms with E-state index in [2.05, 4.69) is 46.6 Å². The van der Waals surface area contributed by atoms with Gasteiger partial charge in [0.1, 0.15) is 12.2 Å². The average molecular weight is 288 g/mol. The lowest BCUT2D eigenvalue weighted by Gasteiger charge is -2.11. The van der Waals surface area contributed by atoms with Crippen LogP contribution in [0.25, 0.3) is 0 Å². The first-order valence-corrected chi connectivity index (χ1v) is 8.06. The van der Waals surface area contributed by atoms with Crippen LogP contribution in [0.15, 0.2) is 35.5 Å².